The molecule has 4 heteroatoms. The largest absolute Gasteiger partial charge is 0.497 e. The van der Waals surface area contributed by atoms with Crippen molar-refractivity contribution < 1.29 is 14.3 Å². The van der Waals surface area contributed by atoms with E-state index in [4.69, 9.17) is 4.74 Å². The number of fused-ring (bicyclic) bond motifs is 2. The smallest absolute Gasteiger partial charge is 0.231 e. The molecule has 4 nitrogen and oxygen atoms in total. The van der Waals surface area contributed by atoms with E-state index in [1.165, 1.54) is 0 Å². The SMILES string of the molecule is COc1ccc(NC(=O)[C@]23CC[C@](C)(C(=O)C2)C3(C)C)cc1. The number of amides is 1. The Balaban J connectivity index is 1.87. The van der Waals surface area contributed by atoms with Gasteiger partial charge in [-0.1, -0.05) is 20.8 Å². The first kappa shape index (κ1) is 15.1. The van der Waals surface area contributed by atoms with Crippen LogP contribution in [0.1, 0.15) is 40.0 Å². The Hall–Kier alpha value is -1.84. The van der Waals surface area contributed by atoms with Crippen LogP contribution < -0.4 is 10.1 Å². The molecule has 0 aromatic heterocycles. The highest BCUT2D eigenvalue weighted by atomic mass is 16.5. The van der Waals surface area contributed by atoms with Crippen molar-refractivity contribution in [2.45, 2.75) is 40.0 Å². The summed E-state index contributed by atoms with van der Waals surface area (Å²) in [7, 11) is 1.61. The molecule has 2 atom stereocenters. The lowest BCUT2D eigenvalue weighted by Crippen LogP contribution is -2.43. The van der Waals surface area contributed by atoms with Gasteiger partial charge in [-0.2, -0.15) is 0 Å². The molecule has 0 spiro atoms. The summed E-state index contributed by atoms with van der Waals surface area (Å²) in [6, 6.07) is 7.28. The van der Waals surface area contributed by atoms with Crippen LogP contribution in [0, 0.1) is 16.2 Å². The molecule has 0 saturated heterocycles. The maximum Gasteiger partial charge on any atom is 0.231 e. The quantitative estimate of drug-likeness (QED) is 0.930. The molecule has 1 N–H and O–H groups in total. The molecule has 1 aromatic rings. The monoisotopic (exact) mass is 301 g/mol. The maximum absolute atomic E-state index is 13.0. The summed E-state index contributed by atoms with van der Waals surface area (Å²) in [5.41, 5.74) is -0.527. The Bertz CT molecular complexity index is 634. The molecule has 2 aliphatic rings. The van der Waals surface area contributed by atoms with Crippen molar-refractivity contribution in [3.63, 3.8) is 0 Å². The molecule has 0 aliphatic heterocycles. The van der Waals surface area contributed by atoms with E-state index in [-0.39, 0.29) is 22.5 Å². The van der Waals surface area contributed by atoms with E-state index in [9.17, 15) is 9.59 Å². The van der Waals surface area contributed by atoms with Crippen LogP contribution in [-0.4, -0.2) is 18.8 Å². The predicted molar refractivity (Wildman–Crippen MR) is 84.8 cm³/mol. The summed E-state index contributed by atoms with van der Waals surface area (Å²) in [5, 5.41) is 3.00. The van der Waals surface area contributed by atoms with Gasteiger partial charge < -0.3 is 10.1 Å². The molecule has 2 aliphatic carbocycles. The van der Waals surface area contributed by atoms with Gasteiger partial charge in [0.2, 0.25) is 5.91 Å². The van der Waals surface area contributed by atoms with Crippen molar-refractivity contribution in [2.75, 3.05) is 12.4 Å². The minimum absolute atomic E-state index is 0.0303. The number of carbonyl (C=O) groups is 2. The Morgan fingerprint density at radius 2 is 1.77 bits per heavy atom. The third-order valence-electron chi connectivity index (χ3n) is 6.49. The third kappa shape index (κ3) is 1.70. The molecule has 2 bridgehead atoms. The third-order valence-corrected chi connectivity index (χ3v) is 6.49. The van der Waals surface area contributed by atoms with Gasteiger partial charge in [0.25, 0.3) is 0 Å². The summed E-state index contributed by atoms with van der Waals surface area (Å²) in [5.74, 6) is 0.951. The zero-order valence-corrected chi connectivity index (χ0v) is 13.7. The first-order valence-electron chi connectivity index (χ1n) is 7.76. The van der Waals surface area contributed by atoms with E-state index >= 15 is 0 Å². The molecule has 2 fully saturated rings. The van der Waals surface area contributed by atoms with Crippen LogP contribution in [0.25, 0.3) is 0 Å². The zero-order chi connectivity index (χ0) is 16.2. The Morgan fingerprint density at radius 3 is 2.23 bits per heavy atom. The summed E-state index contributed by atoms with van der Waals surface area (Å²) >= 11 is 0. The first-order chi connectivity index (χ1) is 10.3. The number of methoxy groups -OCH3 is 1. The highest BCUT2D eigenvalue weighted by molar-refractivity contribution is 6.04. The second-order valence-electron chi connectivity index (χ2n) is 7.32. The molecule has 0 heterocycles. The number of carbonyl (C=O) groups excluding carboxylic acids is 2. The number of Topliss-reactive ketones (excluding diaryl/α,β-unsaturated/α-hetero) is 1. The fourth-order valence-corrected chi connectivity index (χ4v) is 4.29. The van der Waals surface area contributed by atoms with Crippen LogP contribution >= 0.6 is 0 Å². The summed E-state index contributed by atoms with van der Waals surface area (Å²) in [6.07, 6.45) is 1.94. The molecule has 3 rings (SSSR count). The van der Waals surface area contributed by atoms with Gasteiger partial charge in [-0.15, -0.1) is 0 Å². The van der Waals surface area contributed by atoms with Crippen molar-refractivity contribution in [2.24, 2.45) is 16.2 Å². The number of hydrogen-bond acceptors (Lipinski definition) is 3. The summed E-state index contributed by atoms with van der Waals surface area (Å²) in [4.78, 5) is 25.4. The van der Waals surface area contributed by atoms with E-state index in [0.717, 1.165) is 24.3 Å². The van der Waals surface area contributed by atoms with Crippen LogP contribution in [0.3, 0.4) is 0 Å². The fourth-order valence-electron chi connectivity index (χ4n) is 4.29. The van der Waals surface area contributed by atoms with Gasteiger partial charge in [-0.05, 0) is 42.5 Å². The van der Waals surface area contributed by atoms with Crippen LogP contribution in [0.4, 0.5) is 5.69 Å². The highest BCUT2D eigenvalue weighted by Gasteiger charge is 2.72. The molecule has 22 heavy (non-hydrogen) atoms. The second-order valence-corrected chi connectivity index (χ2v) is 7.32. The second kappa shape index (κ2) is 4.58. The predicted octanol–water partition coefficient (Wildman–Crippen LogP) is 3.42. The molecule has 1 amide bonds. The number of hydrogen-bond donors (Lipinski definition) is 1. The normalized spacial score (nSPS) is 32.1. The average Bonchev–Trinajstić information content (AvgIpc) is 2.78. The zero-order valence-electron chi connectivity index (χ0n) is 13.7. The number of ketones is 1. The van der Waals surface area contributed by atoms with E-state index < -0.39 is 5.41 Å². The molecule has 0 unspecified atom stereocenters. The van der Waals surface area contributed by atoms with E-state index in [2.05, 4.69) is 19.2 Å². The lowest BCUT2D eigenvalue weighted by atomic mass is 9.64. The van der Waals surface area contributed by atoms with Gasteiger partial charge in [0.1, 0.15) is 11.5 Å². The molecule has 1 aromatic carbocycles. The van der Waals surface area contributed by atoms with Gasteiger partial charge in [-0.25, -0.2) is 0 Å². The van der Waals surface area contributed by atoms with Gasteiger partial charge in [0, 0.05) is 17.5 Å². The van der Waals surface area contributed by atoms with Gasteiger partial charge in [0.15, 0.2) is 0 Å². The van der Waals surface area contributed by atoms with Crippen molar-refractivity contribution in [3.05, 3.63) is 24.3 Å². The van der Waals surface area contributed by atoms with Crippen LogP contribution in [0.2, 0.25) is 0 Å². The molecule has 0 radical (unpaired) electrons. The van der Waals surface area contributed by atoms with Crippen LogP contribution in [-0.2, 0) is 9.59 Å². The molecule has 118 valence electrons. The van der Waals surface area contributed by atoms with Crippen molar-refractivity contribution in [1.29, 1.82) is 0 Å². The van der Waals surface area contributed by atoms with Crippen molar-refractivity contribution in [3.8, 4) is 5.75 Å². The van der Waals surface area contributed by atoms with Crippen molar-refractivity contribution in [1.82, 2.24) is 0 Å². The first-order valence-corrected chi connectivity index (χ1v) is 7.76. The lowest BCUT2D eigenvalue weighted by molar-refractivity contribution is -0.131. The van der Waals surface area contributed by atoms with Crippen LogP contribution in [0.5, 0.6) is 5.75 Å². The number of nitrogens with one attached hydrogen (secondary N) is 1. The highest BCUT2D eigenvalue weighted by Crippen LogP contribution is 2.70. The summed E-state index contributed by atoms with van der Waals surface area (Å²) in [6.45, 7) is 6.15. The number of rotatable bonds is 3. The summed E-state index contributed by atoms with van der Waals surface area (Å²) < 4.78 is 5.12. The minimum atomic E-state index is -0.585. The standard InChI is InChI=1S/C18H23NO3/c1-16(2)17(3)9-10-18(16,11-14(17)20)15(21)19-12-5-7-13(22-4)8-6-12/h5-8H,9-11H2,1-4H3,(H,19,21)/t17-,18+/m1/s1. The fraction of sp³-hybridized carbons (Fsp3) is 0.556. The molecular formula is C18H23NO3. The number of ether oxygens (including phenoxy) is 1. The Labute approximate surface area is 131 Å². The molecular weight excluding hydrogens is 278 g/mol. The van der Waals surface area contributed by atoms with E-state index in [1.807, 2.05) is 31.2 Å². The maximum atomic E-state index is 13.0. The topological polar surface area (TPSA) is 55.4 Å². The van der Waals surface area contributed by atoms with E-state index in [1.54, 1.807) is 7.11 Å². The van der Waals surface area contributed by atoms with Gasteiger partial charge in [0.05, 0.1) is 12.5 Å². The van der Waals surface area contributed by atoms with Gasteiger partial charge >= 0.3 is 0 Å². The van der Waals surface area contributed by atoms with E-state index in [0.29, 0.717) is 6.42 Å². The Morgan fingerprint density at radius 1 is 1.14 bits per heavy atom. The molecule has 2 saturated carbocycles. The Kier molecular flexibility index (Phi) is 3.13. The minimum Gasteiger partial charge on any atom is -0.497 e. The van der Waals surface area contributed by atoms with Crippen LogP contribution in [0.15, 0.2) is 24.3 Å². The lowest BCUT2D eigenvalue weighted by Gasteiger charge is -2.38. The number of benzene rings is 1. The van der Waals surface area contributed by atoms with Gasteiger partial charge in [-0.3, -0.25) is 9.59 Å². The van der Waals surface area contributed by atoms with Crippen molar-refractivity contribution >= 4 is 17.4 Å². The number of anilines is 1. The average molecular weight is 301 g/mol.